The fraction of sp³-hybridized carbons (Fsp3) is 0.348. The van der Waals surface area contributed by atoms with Gasteiger partial charge in [-0.2, -0.15) is 0 Å². The van der Waals surface area contributed by atoms with Gasteiger partial charge in [-0.05, 0) is 55.5 Å². The Morgan fingerprint density at radius 1 is 1.10 bits per heavy atom. The number of aromatic nitrogens is 1. The smallest absolute Gasteiger partial charge is 0.191 e. The van der Waals surface area contributed by atoms with Crippen LogP contribution in [-0.2, 0) is 12.8 Å². The Morgan fingerprint density at radius 2 is 1.97 bits per heavy atom. The molecule has 0 aliphatic heterocycles. The van der Waals surface area contributed by atoms with Crippen LogP contribution in [0.15, 0.2) is 47.6 Å². The van der Waals surface area contributed by atoms with Crippen molar-refractivity contribution in [2.24, 2.45) is 4.99 Å². The summed E-state index contributed by atoms with van der Waals surface area (Å²) in [5.41, 5.74) is 4.60. The van der Waals surface area contributed by atoms with Gasteiger partial charge in [0, 0.05) is 42.8 Å². The molecule has 0 amide bonds. The third kappa shape index (κ3) is 5.44. The number of nitrogens with zero attached hydrogens (tertiary/aromatic N) is 1. The zero-order valence-corrected chi connectivity index (χ0v) is 17.4. The highest BCUT2D eigenvalue weighted by molar-refractivity contribution is 5.84. The first-order valence-electron chi connectivity index (χ1n) is 10.1. The molecule has 3 rings (SSSR count). The molecule has 0 saturated heterocycles. The minimum atomic E-state index is 0.243. The fourth-order valence-electron chi connectivity index (χ4n) is 3.33. The first kappa shape index (κ1) is 20.6. The lowest BCUT2D eigenvalue weighted by atomic mass is 10.1. The summed E-state index contributed by atoms with van der Waals surface area (Å²) in [6.45, 7) is 6.33. The predicted molar refractivity (Wildman–Crippen MR) is 119 cm³/mol. The molecule has 0 unspecified atom stereocenters. The number of ether oxygens (including phenoxy) is 1. The van der Waals surface area contributed by atoms with Crippen LogP contribution in [0.4, 0.5) is 0 Å². The van der Waals surface area contributed by atoms with Crippen LogP contribution in [0, 0.1) is 6.92 Å². The number of aliphatic imine (C=N–C) groups is 1. The van der Waals surface area contributed by atoms with Gasteiger partial charge in [0.25, 0.3) is 0 Å². The number of phenolic OH excluding ortho intramolecular Hbond substituents is 1. The summed E-state index contributed by atoms with van der Waals surface area (Å²) in [4.78, 5) is 7.98. The summed E-state index contributed by atoms with van der Waals surface area (Å²) in [7, 11) is 1.59. The first-order chi connectivity index (χ1) is 14.1. The molecular weight excluding hydrogens is 364 g/mol. The summed E-state index contributed by atoms with van der Waals surface area (Å²) < 4.78 is 5.12. The van der Waals surface area contributed by atoms with Crippen molar-refractivity contribution in [2.45, 2.75) is 26.7 Å². The van der Waals surface area contributed by atoms with E-state index < -0.39 is 0 Å². The second-order valence-electron chi connectivity index (χ2n) is 7.05. The van der Waals surface area contributed by atoms with Gasteiger partial charge in [0.05, 0.1) is 7.11 Å². The molecule has 0 spiro atoms. The molecule has 1 aromatic heterocycles. The summed E-state index contributed by atoms with van der Waals surface area (Å²) in [5.74, 6) is 1.68. The average Bonchev–Trinajstić information content (AvgIpc) is 3.11. The van der Waals surface area contributed by atoms with E-state index >= 15 is 0 Å². The fourth-order valence-corrected chi connectivity index (χ4v) is 3.33. The Morgan fingerprint density at radius 3 is 2.72 bits per heavy atom. The highest BCUT2D eigenvalue weighted by Gasteiger charge is 2.06. The number of H-pyrrole nitrogens is 1. The minimum Gasteiger partial charge on any atom is -0.508 e. The molecule has 3 aromatic rings. The molecule has 4 N–H and O–H groups in total. The predicted octanol–water partition coefficient (Wildman–Crippen LogP) is 3.53. The molecule has 0 radical (unpaired) electrons. The van der Waals surface area contributed by atoms with Crippen LogP contribution >= 0.6 is 0 Å². The average molecular weight is 395 g/mol. The van der Waals surface area contributed by atoms with E-state index in [1.165, 1.54) is 22.0 Å². The number of benzene rings is 2. The number of methoxy groups -OCH3 is 1. The number of hydrogen-bond acceptors (Lipinski definition) is 3. The number of aromatic amines is 1. The van der Waals surface area contributed by atoms with Crippen LogP contribution in [0.2, 0.25) is 0 Å². The summed E-state index contributed by atoms with van der Waals surface area (Å²) in [6, 6.07) is 11.9. The van der Waals surface area contributed by atoms with E-state index in [-0.39, 0.29) is 5.75 Å². The lowest BCUT2D eigenvalue weighted by Crippen LogP contribution is -2.38. The Balaban J connectivity index is 1.55. The Labute approximate surface area is 172 Å². The number of aromatic hydroxyl groups is 1. The van der Waals surface area contributed by atoms with Crippen molar-refractivity contribution in [3.8, 4) is 11.5 Å². The number of nitrogens with one attached hydrogen (secondary N) is 3. The number of hydrogen-bond donors (Lipinski definition) is 4. The molecule has 6 heteroatoms. The van der Waals surface area contributed by atoms with Crippen LogP contribution in [0.25, 0.3) is 10.9 Å². The second-order valence-corrected chi connectivity index (χ2v) is 7.05. The Bertz CT molecular complexity index is 978. The third-order valence-corrected chi connectivity index (χ3v) is 4.90. The quantitative estimate of drug-likeness (QED) is 0.348. The van der Waals surface area contributed by atoms with E-state index in [9.17, 15) is 5.11 Å². The normalized spacial score (nSPS) is 11.6. The lowest BCUT2D eigenvalue weighted by Gasteiger charge is -2.11. The van der Waals surface area contributed by atoms with Gasteiger partial charge >= 0.3 is 0 Å². The molecule has 0 saturated carbocycles. The van der Waals surface area contributed by atoms with E-state index in [4.69, 9.17) is 4.74 Å². The topological polar surface area (TPSA) is 81.7 Å². The molecular formula is C23H30N4O2. The maximum Gasteiger partial charge on any atom is 0.191 e. The van der Waals surface area contributed by atoms with Gasteiger partial charge in [-0.3, -0.25) is 4.99 Å². The minimum absolute atomic E-state index is 0.243. The van der Waals surface area contributed by atoms with Gasteiger partial charge in [0.2, 0.25) is 0 Å². The van der Waals surface area contributed by atoms with E-state index in [2.05, 4.69) is 58.9 Å². The first-order valence-corrected chi connectivity index (χ1v) is 10.1. The van der Waals surface area contributed by atoms with Crippen LogP contribution in [0.5, 0.6) is 11.5 Å². The van der Waals surface area contributed by atoms with Crippen molar-refractivity contribution in [2.75, 3.05) is 26.7 Å². The van der Waals surface area contributed by atoms with Gasteiger partial charge in [-0.15, -0.1) is 0 Å². The Hall–Kier alpha value is -3.15. The number of aryl methyl sites for hydroxylation is 1. The molecule has 0 aliphatic carbocycles. The monoisotopic (exact) mass is 394 g/mol. The molecule has 29 heavy (non-hydrogen) atoms. The van der Waals surface area contributed by atoms with Gasteiger partial charge in [0.15, 0.2) is 5.96 Å². The van der Waals surface area contributed by atoms with Crippen molar-refractivity contribution >= 4 is 16.9 Å². The molecule has 0 atom stereocenters. The Kier molecular flexibility index (Phi) is 7.00. The maximum atomic E-state index is 10.1. The maximum absolute atomic E-state index is 10.1. The van der Waals surface area contributed by atoms with Crippen molar-refractivity contribution in [3.05, 3.63) is 59.3 Å². The highest BCUT2D eigenvalue weighted by atomic mass is 16.5. The highest BCUT2D eigenvalue weighted by Crippen LogP contribution is 2.23. The van der Waals surface area contributed by atoms with Crippen molar-refractivity contribution in [1.82, 2.24) is 15.6 Å². The van der Waals surface area contributed by atoms with Crippen LogP contribution in [-0.4, -0.2) is 42.8 Å². The number of rotatable bonds is 8. The summed E-state index contributed by atoms with van der Waals surface area (Å²) in [5, 5.41) is 18.0. The van der Waals surface area contributed by atoms with E-state index in [1.54, 1.807) is 13.2 Å². The van der Waals surface area contributed by atoms with E-state index in [0.29, 0.717) is 18.7 Å². The van der Waals surface area contributed by atoms with Crippen LogP contribution < -0.4 is 15.4 Å². The zero-order valence-electron chi connectivity index (χ0n) is 17.4. The molecule has 0 bridgehead atoms. The number of guanidine groups is 1. The van der Waals surface area contributed by atoms with Crippen molar-refractivity contribution < 1.29 is 9.84 Å². The zero-order chi connectivity index (χ0) is 20.6. The lowest BCUT2D eigenvalue weighted by molar-refractivity contribution is 0.406. The van der Waals surface area contributed by atoms with Crippen molar-refractivity contribution in [3.63, 3.8) is 0 Å². The van der Waals surface area contributed by atoms with E-state index in [0.717, 1.165) is 31.0 Å². The third-order valence-electron chi connectivity index (χ3n) is 4.90. The molecule has 1 heterocycles. The van der Waals surface area contributed by atoms with E-state index in [1.807, 2.05) is 12.1 Å². The summed E-state index contributed by atoms with van der Waals surface area (Å²) in [6.07, 6.45) is 3.66. The number of phenols is 1. The van der Waals surface area contributed by atoms with Gasteiger partial charge in [0.1, 0.15) is 11.5 Å². The van der Waals surface area contributed by atoms with Crippen LogP contribution in [0.1, 0.15) is 23.6 Å². The van der Waals surface area contributed by atoms with Gasteiger partial charge < -0.3 is 25.5 Å². The standard InChI is InChI=1S/C23H30N4O2/c1-4-24-23(25-11-9-17-6-7-19(29-3)14-22(17)28)26-12-10-18-15-27-21-13-16(2)5-8-20(18)21/h5-8,13-15,27-28H,4,9-12H2,1-3H3,(H2,24,25,26). The molecule has 6 nitrogen and oxygen atoms in total. The molecule has 2 aromatic carbocycles. The molecule has 154 valence electrons. The van der Waals surface area contributed by atoms with Crippen LogP contribution in [0.3, 0.4) is 0 Å². The molecule has 0 aliphatic rings. The SMILES string of the molecule is CCNC(=NCCc1ccc(OC)cc1O)NCCc1c[nH]c2cc(C)ccc12. The molecule has 0 fully saturated rings. The summed E-state index contributed by atoms with van der Waals surface area (Å²) >= 11 is 0. The van der Waals surface area contributed by atoms with Gasteiger partial charge in [-0.1, -0.05) is 18.2 Å². The van der Waals surface area contributed by atoms with Crippen molar-refractivity contribution in [1.29, 1.82) is 0 Å². The largest absolute Gasteiger partial charge is 0.508 e. The number of fused-ring (bicyclic) bond motifs is 1. The van der Waals surface area contributed by atoms with Gasteiger partial charge in [-0.25, -0.2) is 0 Å². The second kappa shape index (κ2) is 9.87.